The molecule has 2 amide bonds. The molecule has 156 valence electrons. The summed E-state index contributed by atoms with van der Waals surface area (Å²) < 4.78 is 0. The van der Waals surface area contributed by atoms with Crippen LogP contribution in [0, 0.1) is 11.3 Å². The third kappa shape index (κ3) is 5.08. The van der Waals surface area contributed by atoms with Crippen molar-refractivity contribution < 1.29 is 9.59 Å². The lowest BCUT2D eigenvalue weighted by Crippen LogP contribution is -2.41. The van der Waals surface area contributed by atoms with Gasteiger partial charge in [-0.05, 0) is 57.0 Å². The summed E-state index contributed by atoms with van der Waals surface area (Å²) in [7, 11) is 0. The lowest BCUT2D eigenvalue weighted by molar-refractivity contribution is -0.133. The summed E-state index contributed by atoms with van der Waals surface area (Å²) in [4.78, 5) is 31.6. The monoisotopic (exact) mass is 420 g/mol. The van der Waals surface area contributed by atoms with E-state index in [1.165, 1.54) is 0 Å². The maximum atomic E-state index is 12.9. The van der Waals surface area contributed by atoms with Crippen LogP contribution in [0.3, 0.4) is 0 Å². The van der Waals surface area contributed by atoms with Gasteiger partial charge in [0.2, 0.25) is 11.8 Å². The molecule has 1 spiro atoms. The molecule has 1 N–H and O–H groups in total. The second kappa shape index (κ2) is 9.77. The van der Waals surface area contributed by atoms with Gasteiger partial charge in [-0.3, -0.25) is 14.5 Å². The molecule has 1 atom stereocenters. The van der Waals surface area contributed by atoms with Gasteiger partial charge >= 0.3 is 0 Å². The summed E-state index contributed by atoms with van der Waals surface area (Å²) in [5.74, 6) is 0.926. The van der Waals surface area contributed by atoms with Crippen molar-refractivity contribution in [2.75, 3.05) is 58.9 Å². The Morgan fingerprint density at radius 2 is 1.52 bits per heavy atom. The fraction of sp³-hybridized carbons (Fsp3) is 0.895. The van der Waals surface area contributed by atoms with Crippen molar-refractivity contribution in [1.29, 1.82) is 0 Å². The van der Waals surface area contributed by atoms with E-state index in [1.807, 2.05) is 4.90 Å². The first-order valence-corrected chi connectivity index (χ1v) is 10.2. The molecule has 27 heavy (non-hydrogen) atoms. The number of halogens is 2. The Morgan fingerprint density at radius 3 is 2.22 bits per heavy atom. The maximum absolute atomic E-state index is 12.9. The molecule has 0 aromatic carbocycles. The quantitative estimate of drug-likeness (QED) is 0.748. The second-order valence-corrected chi connectivity index (χ2v) is 8.41. The van der Waals surface area contributed by atoms with Gasteiger partial charge in [0.1, 0.15) is 0 Å². The highest BCUT2D eigenvalue weighted by Gasteiger charge is 2.58. The summed E-state index contributed by atoms with van der Waals surface area (Å²) >= 11 is 0. The van der Waals surface area contributed by atoms with Gasteiger partial charge in [0.25, 0.3) is 0 Å². The van der Waals surface area contributed by atoms with Crippen LogP contribution in [0.2, 0.25) is 0 Å². The van der Waals surface area contributed by atoms with Crippen molar-refractivity contribution >= 4 is 36.6 Å². The Balaban J connectivity index is 0.00000131. The summed E-state index contributed by atoms with van der Waals surface area (Å²) in [6.07, 6.45) is 6.70. The second-order valence-electron chi connectivity index (χ2n) is 8.41. The first-order chi connectivity index (χ1) is 12.2. The smallest absolute Gasteiger partial charge is 0.236 e. The Labute approximate surface area is 175 Å². The van der Waals surface area contributed by atoms with Gasteiger partial charge in [-0.1, -0.05) is 0 Å². The van der Waals surface area contributed by atoms with Crippen molar-refractivity contribution in [3.8, 4) is 0 Å². The molecule has 0 radical (unpaired) electrons. The molecule has 4 rings (SSSR count). The van der Waals surface area contributed by atoms with Crippen molar-refractivity contribution in [3.05, 3.63) is 0 Å². The van der Waals surface area contributed by atoms with Gasteiger partial charge in [-0.15, -0.1) is 24.8 Å². The molecule has 6 nitrogen and oxygen atoms in total. The molecule has 0 aromatic heterocycles. The molecule has 4 fully saturated rings. The third-order valence-corrected chi connectivity index (χ3v) is 6.80. The zero-order valence-corrected chi connectivity index (χ0v) is 17.8. The lowest BCUT2D eigenvalue weighted by Gasteiger charge is -2.26. The zero-order chi connectivity index (χ0) is 17.3. The molecule has 1 saturated carbocycles. The molecule has 1 aliphatic carbocycles. The van der Waals surface area contributed by atoms with Crippen LogP contribution < -0.4 is 5.32 Å². The number of nitrogens with zero attached hydrogens (tertiary/aromatic N) is 3. The van der Waals surface area contributed by atoms with Crippen molar-refractivity contribution in [2.45, 2.75) is 38.5 Å². The van der Waals surface area contributed by atoms with Crippen LogP contribution >= 0.6 is 24.8 Å². The number of carbonyl (C=O) groups is 2. The summed E-state index contributed by atoms with van der Waals surface area (Å²) in [5.41, 5.74) is 0.319. The maximum Gasteiger partial charge on any atom is 0.236 e. The Morgan fingerprint density at radius 1 is 0.852 bits per heavy atom. The summed E-state index contributed by atoms with van der Waals surface area (Å²) in [6, 6.07) is 0. The van der Waals surface area contributed by atoms with Crippen molar-refractivity contribution in [3.63, 3.8) is 0 Å². The standard InChI is InChI=1S/C19H32N4O2.2ClH/c24-17(22-9-1-2-10-22)15-21-8-3-11-23(13-12-21)18(25)16-14-19(16)4-6-20-7-5-19;;/h16,20H,1-15H2;2*1H. The summed E-state index contributed by atoms with van der Waals surface area (Å²) in [5, 5.41) is 3.41. The van der Waals surface area contributed by atoms with E-state index in [2.05, 4.69) is 15.1 Å². The van der Waals surface area contributed by atoms with Crippen LogP contribution in [0.5, 0.6) is 0 Å². The topological polar surface area (TPSA) is 55.9 Å². The van der Waals surface area contributed by atoms with Crippen LogP contribution in [-0.2, 0) is 9.59 Å². The van der Waals surface area contributed by atoms with Gasteiger partial charge in [0.15, 0.2) is 0 Å². The Hall–Kier alpha value is -0.560. The predicted molar refractivity (Wildman–Crippen MR) is 111 cm³/mol. The number of nitrogens with one attached hydrogen (secondary N) is 1. The molecular formula is C19H34Cl2N4O2. The minimum absolute atomic E-state index is 0. The van der Waals surface area contributed by atoms with Crippen LogP contribution in [0.1, 0.15) is 38.5 Å². The largest absolute Gasteiger partial charge is 0.342 e. The average molecular weight is 421 g/mol. The first kappa shape index (κ1) is 22.7. The van der Waals surface area contributed by atoms with Crippen LogP contribution in [0.4, 0.5) is 0 Å². The average Bonchev–Trinajstić information content (AvgIpc) is 3.11. The molecule has 8 heteroatoms. The number of piperidine rings is 1. The normalized spacial score (nSPS) is 27.5. The minimum atomic E-state index is 0. The van der Waals surface area contributed by atoms with Gasteiger partial charge in [-0.2, -0.15) is 0 Å². The number of rotatable bonds is 3. The van der Waals surface area contributed by atoms with Crippen molar-refractivity contribution in [1.82, 2.24) is 20.0 Å². The molecule has 0 aromatic rings. The van der Waals surface area contributed by atoms with Gasteiger partial charge in [0.05, 0.1) is 6.54 Å². The van der Waals surface area contributed by atoms with Crippen molar-refractivity contribution in [2.24, 2.45) is 11.3 Å². The molecule has 3 heterocycles. The van der Waals surface area contributed by atoms with E-state index in [4.69, 9.17) is 0 Å². The highest BCUT2D eigenvalue weighted by molar-refractivity contribution is 5.85. The predicted octanol–water partition coefficient (Wildman–Crippen LogP) is 1.38. The Bertz CT molecular complexity index is 522. The third-order valence-electron chi connectivity index (χ3n) is 6.80. The number of carbonyl (C=O) groups excluding carboxylic acids is 2. The molecule has 0 bridgehead atoms. The number of hydrogen-bond donors (Lipinski definition) is 1. The molecule has 4 aliphatic rings. The van der Waals surface area contributed by atoms with Gasteiger partial charge < -0.3 is 15.1 Å². The fourth-order valence-corrected chi connectivity index (χ4v) is 5.00. The molecule has 3 saturated heterocycles. The minimum Gasteiger partial charge on any atom is -0.342 e. The van der Waals surface area contributed by atoms with Crippen LogP contribution in [0.15, 0.2) is 0 Å². The molecule has 3 aliphatic heterocycles. The first-order valence-electron chi connectivity index (χ1n) is 10.2. The van der Waals surface area contributed by atoms with E-state index in [-0.39, 0.29) is 36.6 Å². The van der Waals surface area contributed by atoms with E-state index < -0.39 is 0 Å². The highest BCUT2D eigenvalue weighted by atomic mass is 35.5. The van der Waals surface area contributed by atoms with E-state index in [1.54, 1.807) is 0 Å². The SMILES string of the molecule is Cl.Cl.O=C(CN1CCCN(C(=O)C2CC23CCNCC3)CC1)N1CCCC1. The van der Waals surface area contributed by atoms with Gasteiger partial charge in [0, 0.05) is 45.2 Å². The number of amides is 2. The zero-order valence-electron chi connectivity index (χ0n) is 16.2. The highest BCUT2D eigenvalue weighted by Crippen LogP contribution is 2.59. The fourth-order valence-electron chi connectivity index (χ4n) is 5.00. The van der Waals surface area contributed by atoms with Crippen LogP contribution in [-0.4, -0.2) is 85.4 Å². The van der Waals surface area contributed by atoms with E-state index >= 15 is 0 Å². The molecular weight excluding hydrogens is 387 g/mol. The lowest BCUT2D eigenvalue weighted by atomic mass is 9.91. The Kier molecular flexibility index (Phi) is 8.22. The van der Waals surface area contributed by atoms with E-state index in [0.29, 0.717) is 17.9 Å². The number of likely N-dealkylation sites (tertiary alicyclic amines) is 1. The molecule has 1 unspecified atom stereocenters. The van der Waals surface area contributed by atoms with Crippen LogP contribution in [0.25, 0.3) is 0 Å². The summed E-state index contributed by atoms with van der Waals surface area (Å²) in [6.45, 7) is 7.93. The number of hydrogen-bond acceptors (Lipinski definition) is 4. The van der Waals surface area contributed by atoms with Gasteiger partial charge in [-0.25, -0.2) is 0 Å². The van der Waals surface area contributed by atoms with E-state index in [9.17, 15) is 9.59 Å². The van der Waals surface area contributed by atoms with E-state index in [0.717, 1.165) is 90.9 Å².